The van der Waals surface area contributed by atoms with Gasteiger partial charge in [0.2, 0.25) is 0 Å². The van der Waals surface area contributed by atoms with Gasteiger partial charge in [-0.3, -0.25) is 0 Å². The Hall–Kier alpha value is -1.29. The first-order valence-electron chi connectivity index (χ1n) is 4.89. The Kier molecular flexibility index (Phi) is 3.84. The molecule has 0 fully saturated rings. The van der Waals surface area contributed by atoms with Crippen LogP contribution in [0.1, 0.15) is 16.1 Å². The van der Waals surface area contributed by atoms with Crippen molar-refractivity contribution in [3.63, 3.8) is 0 Å². The van der Waals surface area contributed by atoms with E-state index in [2.05, 4.69) is 15.8 Å². The number of carbonyl (C=O) groups is 1. The molecule has 6 heteroatoms. The van der Waals surface area contributed by atoms with Gasteiger partial charge in [-0.2, -0.15) is 0 Å². The predicted molar refractivity (Wildman–Crippen MR) is 68.5 cm³/mol. The molecule has 0 aliphatic carbocycles. The van der Waals surface area contributed by atoms with Crippen LogP contribution in [0.15, 0.2) is 29.2 Å². The summed E-state index contributed by atoms with van der Waals surface area (Å²) in [5.74, 6) is -0.204. The molecule has 0 spiro atoms. The SMILES string of the molecule is Cc1c[se]c(NNC(=O)c2ccc(Cl)cc2)n1. The van der Waals surface area contributed by atoms with Gasteiger partial charge in [-0.15, -0.1) is 0 Å². The zero-order valence-electron chi connectivity index (χ0n) is 9.03. The second-order valence-electron chi connectivity index (χ2n) is 3.38. The van der Waals surface area contributed by atoms with E-state index < -0.39 is 0 Å². The van der Waals surface area contributed by atoms with E-state index in [0.717, 1.165) is 10.4 Å². The van der Waals surface area contributed by atoms with Crippen molar-refractivity contribution >= 4 is 36.7 Å². The Bertz CT molecular complexity index is 524. The Morgan fingerprint density at radius 2 is 2.06 bits per heavy atom. The number of rotatable bonds is 3. The first-order valence-corrected chi connectivity index (χ1v) is 7.11. The number of amides is 1. The van der Waals surface area contributed by atoms with Gasteiger partial charge in [-0.25, -0.2) is 0 Å². The van der Waals surface area contributed by atoms with Gasteiger partial charge in [0.25, 0.3) is 0 Å². The monoisotopic (exact) mass is 315 g/mol. The number of anilines is 1. The fourth-order valence-electron chi connectivity index (χ4n) is 1.20. The van der Waals surface area contributed by atoms with Crippen molar-refractivity contribution in [2.45, 2.75) is 6.92 Å². The standard InChI is InChI=1S/C11H10ClN3OSe/c1-7-6-17-11(13-7)15-14-10(16)8-2-4-9(12)5-3-8/h2-6H,1H3,(H,13,15)(H,14,16). The summed E-state index contributed by atoms with van der Waals surface area (Å²) < 4.78 is 0.803. The first kappa shape index (κ1) is 12.2. The second kappa shape index (κ2) is 5.36. The molecule has 4 nitrogen and oxygen atoms in total. The van der Waals surface area contributed by atoms with Gasteiger partial charge in [-0.1, -0.05) is 0 Å². The molecule has 2 rings (SSSR count). The molecule has 1 heterocycles. The maximum absolute atomic E-state index is 11.7. The summed E-state index contributed by atoms with van der Waals surface area (Å²) >= 11 is 5.92. The third-order valence-electron chi connectivity index (χ3n) is 2.01. The van der Waals surface area contributed by atoms with Gasteiger partial charge in [0, 0.05) is 0 Å². The van der Waals surface area contributed by atoms with Crippen molar-refractivity contribution in [2.24, 2.45) is 0 Å². The Morgan fingerprint density at radius 3 is 2.65 bits per heavy atom. The van der Waals surface area contributed by atoms with E-state index in [1.54, 1.807) is 24.3 Å². The quantitative estimate of drug-likeness (QED) is 0.671. The van der Waals surface area contributed by atoms with Crippen molar-refractivity contribution in [3.05, 3.63) is 45.5 Å². The minimum absolute atomic E-state index is 0.178. The van der Waals surface area contributed by atoms with E-state index in [0.29, 0.717) is 10.6 Å². The average molecular weight is 315 g/mol. The number of aromatic nitrogens is 1. The summed E-state index contributed by atoms with van der Waals surface area (Å²) in [6.07, 6.45) is 0. The van der Waals surface area contributed by atoms with Crippen molar-refractivity contribution in [1.82, 2.24) is 10.4 Å². The molecule has 0 bridgehead atoms. The molecule has 0 atom stereocenters. The van der Waals surface area contributed by atoms with Crippen LogP contribution in [0.5, 0.6) is 0 Å². The third kappa shape index (κ3) is 3.33. The number of benzene rings is 1. The summed E-state index contributed by atoms with van der Waals surface area (Å²) in [6, 6.07) is 6.70. The van der Waals surface area contributed by atoms with Crippen LogP contribution >= 0.6 is 11.6 Å². The van der Waals surface area contributed by atoms with Crippen molar-refractivity contribution in [2.75, 3.05) is 5.43 Å². The van der Waals surface area contributed by atoms with Crippen LogP contribution in [0.25, 0.3) is 0 Å². The summed E-state index contributed by atoms with van der Waals surface area (Å²) in [4.78, 5) is 18.0. The van der Waals surface area contributed by atoms with Gasteiger partial charge in [0.15, 0.2) is 0 Å². The van der Waals surface area contributed by atoms with Crippen molar-refractivity contribution in [3.8, 4) is 0 Å². The van der Waals surface area contributed by atoms with Crippen LogP contribution in [0.4, 0.5) is 4.69 Å². The van der Waals surface area contributed by atoms with Gasteiger partial charge in [0.1, 0.15) is 0 Å². The number of hydrogen-bond donors (Lipinski definition) is 2. The summed E-state index contributed by atoms with van der Waals surface area (Å²) in [5.41, 5.74) is 6.95. The van der Waals surface area contributed by atoms with E-state index >= 15 is 0 Å². The molecule has 2 aromatic rings. The van der Waals surface area contributed by atoms with Crippen LogP contribution in [0.2, 0.25) is 5.02 Å². The molecular weight excluding hydrogens is 305 g/mol. The zero-order valence-corrected chi connectivity index (χ0v) is 11.5. The average Bonchev–Trinajstić information content (AvgIpc) is 2.73. The van der Waals surface area contributed by atoms with Gasteiger partial charge in [-0.05, 0) is 0 Å². The number of carbonyl (C=O) groups excluding carboxylic acids is 1. The van der Waals surface area contributed by atoms with Gasteiger partial charge < -0.3 is 0 Å². The predicted octanol–water partition coefficient (Wildman–Crippen LogP) is 1.86. The zero-order chi connectivity index (χ0) is 12.3. The van der Waals surface area contributed by atoms with Crippen LogP contribution < -0.4 is 10.9 Å². The minimum atomic E-state index is -0.204. The molecular formula is C11H10ClN3OSe. The van der Waals surface area contributed by atoms with Crippen LogP contribution in [-0.4, -0.2) is 25.4 Å². The number of hydrogen-bond acceptors (Lipinski definition) is 3. The molecule has 0 saturated heterocycles. The van der Waals surface area contributed by atoms with E-state index in [-0.39, 0.29) is 20.4 Å². The Balaban J connectivity index is 1.95. The molecule has 1 amide bonds. The molecule has 0 radical (unpaired) electrons. The van der Waals surface area contributed by atoms with Crippen molar-refractivity contribution < 1.29 is 4.79 Å². The first-order chi connectivity index (χ1) is 8.15. The molecule has 17 heavy (non-hydrogen) atoms. The fourth-order valence-corrected chi connectivity index (χ4v) is 2.67. The summed E-state index contributed by atoms with van der Waals surface area (Å²) in [7, 11) is 0. The van der Waals surface area contributed by atoms with Gasteiger partial charge >= 0.3 is 110 Å². The van der Waals surface area contributed by atoms with E-state index in [4.69, 9.17) is 11.6 Å². The van der Waals surface area contributed by atoms with E-state index in [1.807, 2.05) is 11.9 Å². The summed E-state index contributed by atoms with van der Waals surface area (Å²) in [5, 5.41) is 0.609. The molecule has 0 aliphatic heterocycles. The number of nitrogens with one attached hydrogen (secondary N) is 2. The molecule has 0 aliphatic rings. The molecule has 88 valence electrons. The van der Waals surface area contributed by atoms with Crippen molar-refractivity contribution in [1.29, 1.82) is 0 Å². The topological polar surface area (TPSA) is 54.0 Å². The second-order valence-corrected chi connectivity index (χ2v) is 5.62. The number of halogens is 1. The van der Waals surface area contributed by atoms with E-state index in [9.17, 15) is 4.79 Å². The van der Waals surface area contributed by atoms with Crippen LogP contribution in [0.3, 0.4) is 0 Å². The van der Waals surface area contributed by atoms with Gasteiger partial charge in [0.05, 0.1) is 0 Å². The molecule has 2 N–H and O–H groups in total. The van der Waals surface area contributed by atoms with E-state index in [1.165, 1.54) is 0 Å². The molecule has 0 unspecified atom stereocenters. The van der Waals surface area contributed by atoms with Crippen LogP contribution in [-0.2, 0) is 0 Å². The Morgan fingerprint density at radius 1 is 1.35 bits per heavy atom. The summed E-state index contributed by atoms with van der Waals surface area (Å²) in [6.45, 7) is 1.93. The van der Waals surface area contributed by atoms with Crippen LogP contribution in [0, 0.1) is 6.92 Å². The fraction of sp³-hybridized carbons (Fsp3) is 0.0909. The number of hydrazine groups is 1. The normalized spacial score (nSPS) is 10.0. The molecule has 1 aromatic carbocycles. The molecule has 1 aromatic heterocycles. The third-order valence-corrected chi connectivity index (χ3v) is 4.10. The number of aryl methyl sites for hydroxylation is 1. The maximum atomic E-state index is 11.7. The molecule has 0 saturated carbocycles. The Labute approximate surface area is 110 Å². The number of nitrogens with zero attached hydrogens (tertiary/aromatic N) is 1.